The van der Waals surface area contributed by atoms with Crippen LogP contribution in [0.3, 0.4) is 0 Å². The molecule has 1 aliphatic carbocycles. The van der Waals surface area contributed by atoms with Gasteiger partial charge in [0.2, 0.25) is 0 Å². The normalized spacial score (nSPS) is 15.1. The molecule has 0 atom stereocenters. The van der Waals surface area contributed by atoms with E-state index >= 15 is 0 Å². The highest BCUT2D eigenvalue weighted by Gasteiger charge is 2.15. The lowest BCUT2D eigenvalue weighted by Gasteiger charge is -2.22. The van der Waals surface area contributed by atoms with Crippen molar-refractivity contribution in [2.75, 3.05) is 19.0 Å². The number of benzene rings is 2. The summed E-state index contributed by atoms with van der Waals surface area (Å²) in [6, 6.07) is 16.0. The molecule has 28 heavy (non-hydrogen) atoms. The minimum Gasteiger partial charge on any atom is -0.497 e. The molecule has 0 saturated heterocycles. The molecule has 2 aromatic rings. The molecule has 148 valence electrons. The summed E-state index contributed by atoms with van der Waals surface area (Å²) in [6.07, 6.45) is 6.63. The van der Waals surface area contributed by atoms with Gasteiger partial charge in [0.25, 0.3) is 5.91 Å². The van der Waals surface area contributed by atoms with Crippen molar-refractivity contribution in [2.45, 2.75) is 44.9 Å². The molecule has 1 aliphatic rings. The first-order valence-corrected chi connectivity index (χ1v) is 9.97. The Labute approximate surface area is 167 Å². The van der Waals surface area contributed by atoms with Crippen molar-refractivity contribution in [3.05, 3.63) is 59.7 Å². The van der Waals surface area contributed by atoms with Crippen LogP contribution in [0, 0.1) is 0 Å². The van der Waals surface area contributed by atoms with Crippen molar-refractivity contribution in [3.8, 4) is 5.75 Å². The zero-order valence-corrected chi connectivity index (χ0v) is 16.7. The van der Waals surface area contributed by atoms with Gasteiger partial charge in [-0.2, -0.15) is 5.10 Å². The monoisotopic (exact) mass is 379 g/mol. The van der Waals surface area contributed by atoms with E-state index in [9.17, 15) is 4.79 Å². The van der Waals surface area contributed by atoms with E-state index in [1.807, 2.05) is 31.2 Å². The number of nitrogens with one attached hydrogen (secondary N) is 2. The number of amides is 1. The van der Waals surface area contributed by atoms with E-state index < -0.39 is 0 Å². The highest BCUT2D eigenvalue weighted by atomic mass is 16.5. The van der Waals surface area contributed by atoms with Gasteiger partial charge in [0.15, 0.2) is 0 Å². The first kappa shape index (κ1) is 19.9. The smallest absolute Gasteiger partial charge is 0.259 e. The lowest BCUT2D eigenvalue weighted by Crippen LogP contribution is -2.26. The van der Waals surface area contributed by atoms with Crippen molar-refractivity contribution < 1.29 is 9.53 Å². The molecule has 5 heteroatoms. The second kappa shape index (κ2) is 9.93. The Morgan fingerprint density at radius 3 is 2.36 bits per heavy atom. The maximum Gasteiger partial charge on any atom is 0.259 e. The third-order valence-corrected chi connectivity index (χ3v) is 5.30. The molecule has 1 saturated carbocycles. The summed E-state index contributed by atoms with van der Waals surface area (Å²) in [5.41, 5.74) is 6.72. The molecular weight excluding hydrogens is 350 g/mol. The van der Waals surface area contributed by atoms with Crippen LogP contribution in [0.5, 0.6) is 5.75 Å². The molecule has 2 N–H and O–H groups in total. The van der Waals surface area contributed by atoms with Crippen LogP contribution in [0.25, 0.3) is 0 Å². The predicted molar refractivity (Wildman–Crippen MR) is 114 cm³/mol. The molecular formula is C23H29N3O2. The molecule has 0 unspecified atom stereocenters. The number of nitrogens with zero attached hydrogens (tertiary/aromatic N) is 1. The van der Waals surface area contributed by atoms with Crippen LogP contribution in [0.2, 0.25) is 0 Å². The fourth-order valence-electron chi connectivity index (χ4n) is 3.57. The quantitative estimate of drug-likeness (QED) is 0.542. The molecule has 0 heterocycles. The summed E-state index contributed by atoms with van der Waals surface area (Å²) in [5, 5.41) is 7.30. The van der Waals surface area contributed by atoms with Gasteiger partial charge < -0.3 is 10.1 Å². The lowest BCUT2D eigenvalue weighted by molar-refractivity contribution is -0.119. The second-order valence-electron chi connectivity index (χ2n) is 7.27. The number of hydrazone groups is 1. The van der Waals surface area contributed by atoms with Crippen molar-refractivity contribution in [3.63, 3.8) is 0 Å². The Bertz CT molecular complexity index is 792. The minimum absolute atomic E-state index is 0.156. The fourth-order valence-corrected chi connectivity index (χ4v) is 3.57. The molecule has 0 bridgehead atoms. The van der Waals surface area contributed by atoms with Crippen molar-refractivity contribution >= 4 is 17.3 Å². The van der Waals surface area contributed by atoms with E-state index in [0.717, 1.165) is 22.7 Å². The number of hydrogen-bond acceptors (Lipinski definition) is 4. The number of methoxy groups -OCH3 is 1. The van der Waals surface area contributed by atoms with Gasteiger partial charge in [-0.25, -0.2) is 5.43 Å². The van der Waals surface area contributed by atoms with Crippen molar-refractivity contribution in [2.24, 2.45) is 5.10 Å². The Kier molecular flexibility index (Phi) is 7.06. The van der Waals surface area contributed by atoms with E-state index in [-0.39, 0.29) is 12.5 Å². The summed E-state index contributed by atoms with van der Waals surface area (Å²) >= 11 is 0. The Hall–Kier alpha value is -2.82. The number of carbonyl (C=O) groups excluding carboxylic acids is 1. The number of hydrogen-bond donors (Lipinski definition) is 2. The summed E-state index contributed by atoms with van der Waals surface area (Å²) < 4.78 is 5.12. The van der Waals surface area contributed by atoms with E-state index in [1.54, 1.807) is 7.11 Å². The maximum absolute atomic E-state index is 12.0. The molecule has 0 aromatic heterocycles. The fraction of sp³-hybridized carbons (Fsp3) is 0.391. The summed E-state index contributed by atoms with van der Waals surface area (Å²) in [6.45, 7) is 2.07. The Balaban J connectivity index is 1.49. The van der Waals surface area contributed by atoms with Crippen LogP contribution in [-0.4, -0.2) is 25.3 Å². The summed E-state index contributed by atoms with van der Waals surface area (Å²) in [4.78, 5) is 12.0. The topological polar surface area (TPSA) is 62.7 Å². The van der Waals surface area contributed by atoms with Gasteiger partial charge >= 0.3 is 0 Å². The van der Waals surface area contributed by atoms with Crippen LogP contribution in [0.4, 0.5) is 5.69 Å². The summed E-state index contributed by atoms with van der Waals surface area (Å²) in [7, 11) is 1.62. The highest BCUT2D eigenvalue weighted by molar-refractivity contribution is 5.99. The zero-order chi connectivity index (χ0) is 19.8. The number of anilines is 1. The van der Waals surface area contributed by atoms with Gasteiger partial charge in [0.1, 0.15) is 5.75 Å². The average Bonchev–Trinajstić information content (AvgIpc) is 2.77. The maximum atomic E-state index is 12.0. The first-order valence-electron chi connectivity index (χ1n) is 9.97. The van der Waals surface area contributed by atoms with Gasteiger partial charge in [-0.3, -0.25) is 4.79 Å². The number of carbonyl (C=O) groups is 1. The number of rotatable bonds is 7. The molecule has 1 amide bonds. The largest absolute Gasteiger partial charge is 0.497 e. The Morgan fingerprint density at radius 1 is 1.04 bits per heavy atom. The molecule has 1 fully saturated rings. The molecule has 0 spiro atoms. The van der Waals surface area contributed by atoms with Gasteiger partial charge in [-0.15, -0.1) is 0 Å². The third kappa shape index (κ3) is 5.59. The van der Waals surface area contributed by atoms with Crippen molar-refractivity contribution in [1.82, 2.24) is 5.43 Å². The van der Waals surface area contributed by atoms with Crippen molar-refractivity contribution in [1.29, 1.82) is 0 Å². The highest BCUT2D eigenvalue weighted by Crippen LogP contribution is 2.32. The van der Waals surface area contributed by atoms with Crippen LogP contribution in [0.15, 0.2) is 53.6 Å². The Morgan fingerprint density at radius 2 is 1.71 bits per heavy atom. The first-order chi connectivity index (χ1) is 13.7. The third-order valence-electron chi connectivity index (χ3n) is 5.30. The number of ether oxygens (including phenoxy) is 1. The standard InChI is InChI=1S/C23H29N3O2/c1-17(18-8-10-20(11-9-18)19-6-4-3-5-7-19)25-26-23(27)16-24-21-12-14-22(28-2)15-13-21/h8-15,19,24H,3-7,16H2,1-2H3,(H,26,27)/b25-17-. The van der Waals surface area contributed by atoms with Gasteiger partial charge in [-0.05, 0) is 61.1 Å². The predicted octanol–water partition coefficient (Wildman–Crippen LogP) is 4.70. The van der Waals surface area contributed by atoms with Gasteiger partial charge in [0.05, 0.1) is 19.4 Å². The van der Waals surface area contributed by atoms with Crippen LogP contribution in [0.1, 0.15) is 56.1 Å². The van der Waals surface area contributed by atoms with Gasteiger partial charge in [0, 0.05) is 5.69 Å². The second-order valence-corrected chi connectivity index (χ2v) is 7.27. The zero-order valence-electron chi connectivity index (χ0n) is 16.7. The van der Waals surface area contributed by atoms with E-state index in [1.165, 1.54) is 37.7 Å². The van der Waals surface area contributed by atoms with E-state index in [2.05, 4.69) is 40.1 Å². The lowest BCUT2D eigenvalue weighted by atomic mass is 9.84. The molecule has 0 radical (unpaired) electrons. The molecule has 3 rings (SSSR count). The van der Waals surface area contributed by atoms with Gasteiger partial charge in [-0.1, -0.05) is 43.5 Å². The van der Waals surface area contributed by atoms with E-state index in [4.69, 9.17) is 4.74 Å². The SMILES string of the molecule is COc1ccc(NCC(=O)N/N=C(/C)c2ccc(C3CCCCC3)cc2)cc1. The van der Waals surface area contributed by atoms with Crippen LogP contribution in [-0.2, 0) is 4.79 Å². The molecule has 5 nitrogen and oxygen atoms in total. The van der Waals surface area contributed by atoms with Crippen LogP contribution >= 0.6 is 0 Å². The van der Waals surface area contributed by atoms with Crippen LogP contribution < -0.4 is 15.5 Å². The minimum atomic E-state index is -0.186. The molecule has 0 aliphatic heterocycles. The summed E-state index contributed by atoms with van der Waals surface area (Å²) in [5.74, 6) is 1.29. The average molecular weight is 380 g/mol. The van der Waals surface area contributed by atoms with E-state index in [0.29, 0.717) is 5.92 Å². The molecule has 2 aromatic carbocycles.